The maximum absolute atomic E-state index is 8.98. The van der Waals surface area contributed by atoms with E-state index in [0.717, 1.165) is 55.3 Å². The van der Waals surface area contributed by atoms with Crippen molar-refractivity contribution in [3.63, 3.8) is 0 Å². The van der Waals surface area contributed by atoms with Gasteiger partial charge < -0.3 is 4.74 Å². The molecule has 0 N–H and O–H groups in total. The zero-order valence-electron chi connectivity index (χ0n) is 13.4. The van der Waals surface area contributed by atoms with Crippen molar-refractivity contribution < 1.29 is 4.74 Å². The second kappa shape index (κ2) is 6.88. The van der Waals surface area contributed by atoms with E-state index in [9.17, 15) is 0 Å². The number of pyridine rings is 1. The van der Waals surface area contributed by atoms with Crippen molar-refractivity contribution in [2.24, 2.45) is 0 Å². The van der Waals surface area contributed by atoms with Gasteiger partial charge in [0.05, 0.1) is 24.9 Å². The van der Waals surface area contributed by atoms with Crippen molar-refractivity contribution in [1.82, 2.24) is 14.8 Å². The average Bonchev–Trinajstić information content (AvgIpc) is 2.50. The molecule has 0 bridgehead atoms. The van der Waals surface area contributed by atoms with E-state index in [1.807, 2.05) is 20.0 Å². The smallest absolute Gasteiger partial charge is 0.128 e. The number of methoxy groups -OCH3 is 1. The monoisotopic (exact) mass is 288 g/mol. The first kappa shape index (κ1) is 15.7. The van der Waals surface area contributed by atoms with Crippen LogP contribution in [0.3, 0.4) is 0 Å². The van der Waals surface area contributed by atoms with Gasteiger partial charge in [-0.1, -0.05) is 0 Å². The van der Waals surface area contributed by atoms with E-state index in [1.54, 1.807) is 7.11 Å². The Morgan fingerprint density at radius 3 is 2.57 bits per heavy atom. The maximum Gasteiger partial charge on any atom is 0.128 e. The molecule has 1 fully saturated rings. The van der Waals surface area contributed by atoms with Crippen LogP contribution in [-0.2, 0) is 6.54 Å². The normalized spacial score (nSPS) is 18.2. The highest BCUT2D eigenvalue weighted by molar-refractivity contribution is 5.41. The highest BCUT2D eigenvalue weighted by Gasteiger charge is 2.22. The van der Waals surface area contributed by atoms with Gasteiger partial charge in [-0.25, -0.2) is 0 Å². The van der Waals surface area contributed by atoms with E-state index < -0.39 is 0 Å². The number of hydrogen-bond donors (Lipinski definition) is 0. The summed E-state index contributed by atoms with van der Waals surface area (Å²) in [7, 11) is 1.71. The van der Waals surface area contributed by atoms with Crippen molar-refractivity contribution >= 4 is 0 Å². The molecule has 1 aromatic rings. The van der Waals surface area contributed by atoms with Crippen LogP contribution < -0.4 is 4.74 Å². The molecule has 1 aromatic heterocycles. The largest absolute Gasteiger partial charge is 0.496 e. The summed E-state index contributed by atoms with van der Waals surface area (Å²) in [6, 6.07) is 2.31. The highest BCUT2D eigenvalue weighted by atomic mass is 16.5. The quantitative estimate of drug-likeness (QED) is 0.844. The van der Waals surface area contributed by atoms with Crippen molar-refractivity contribution in [1.29, 1.82) is 5.26 Å². The maximum atomic E-state index is 8.98. The Kier molecular flexibility index (Phi) is 5.16. The number of aryl methyl sites for hydroxylation is 1. The molecule has 0 saturated carbocycles. The molecule has 0 aromatic carbocycles. The first-order chi connectivity index (χ1) is 10.1. The average molecular weight is 288 g/mol. The summed E-state index contributed by atoms with van der Waals surface area (Å²) < 4.78 is 5.47. The van der Waals surface area contributed by atoms with Gasteiger partial charge in [-0.05, 0) is 20.8 Å². The molecular formula is C16H24N4O. The van der Waals surface area contributed by atoms with Gasteiger partial charge in [0.25, 0.3) is 0 Å². The van der Waals surface area contributed by atoms with Crippen molar-refractivity contribution in [2.45, 2.75) is 33.4 Å². The predicted octanol–water partition coefficient (Wildman–Crippen LogP) is 1.74. The van der Waals surface area contributed by atoms with Gasteiger partial charge in [-0.2, -0.15) is 5.26 Å². The fourth-order valence-electron chi connectivity index (χ4n) is 2.83. The molecule has 2 heterocycles. The first-order valence-corrected chi connectivity index (χ1v) is 7.42. The van der Waals surface area contributed by atoms with Crippen LogP contribution in [0.2, 0.25) is 0 Å². The van der Waals surface area contributed by atoms with Crippen LogP contribution in [0.4, 0.5) is 0 Å². The van der Waals surface area contributed by atoms with Gasteiger partial charge in [-0.3, -0.25) is 14.8 Å². The van der Waals surface area contributed by atoms with Gasteiger partial charge in [0.15, 0.2) is 0 Å². The Balaban J connectivity index is 2.00. The lowest BCUT2D eigenvalue weighted by Crippen LogP contribution is -2.48. The molecule has 5 nitrogen and oxygen atoms in total. The Morgan fingerprint density at radius 1 is 1.33 bits per heavy atom. The molecular weight excluding hydrogens is 264 g/mol. The lowest BCUT2D eigenvalue weighted by Gasteiger charge is -2.35. The minimum atomic E-state index is 0.00600. The van der Waals surface area contributed by atoms with Gasteiger partial charge >= 0.3 is 0 Å². The summed E-state index contributed by atoms with van der Waals surface area (Å²) in [5, 5.41) is 8.98. The third kappa shape index (κ3) is 3.52. The van der Waals surface area contributed by atoms with Crippen LogP contribution in [0.1, 0.15) is 23.7 Å². The predicted molar refractivity (Wildman–Crippen MR) is 82.2 cm³/mol. The lowest BCUT2D eigenvalue weighted by atomic mass is 10.1. The van der Waals surface area contributed by atoms with Crippen molar-refractivity contribution in [3.8, 4) is 11.8 Å². The molecule has 1 aliphatic rings. The molecule has 0 radical (unpaired) electrons. The first-order valence-electron chi connectivity index (χ1n) is 7.42. The minimum absolute atomic E-state index is 0.00600. The van der Waals surface area contributed by atoms with Crippen LogP contribution in [0, 0.1) is 25.2 Å². The van der Waals surface area contributed by atoms with Crippen LogP contribution in [0.5, 0.6) is 5.75 Å². The van der Waals surface area contributed by atoms with Crippen molar-refractivity contribution in [3.05, 3.63) is 23.0 Å². The number of nitriles is 1. The molecule has 1 saturated heterocycles. The summed E-state index contributed by atoms with van der Waals surface area (Å²) >= 11 is 0. The van der Waals surface area contributed by atoms with Crippen LogP contribution >= 0.6 is 0 Å². The fraction of sp³-hybridized carbons (Fsp3) is 0.625. The van der Waals surface area contributed by atoms with Gasteiger partial charge in [0, 0.05) is 50.0 Å². The van der Waals surface area contributed by atoms with E-state index in [1.165, 1.54) is 0 Å². The molecule has 0 spiro atoms. The van der Waals surface area contributed by atoms with Gasteiger partial charge in [-0.15, -0.1) is 0 Å². The summed E-state index contributed by atoms with van der Waals surface area (Å²) in [5.74, 6) is 0.941. The molecule has 5 heteroatoms. The number of aromatic nitrogens is 1. The van der Waals surface area contributed by atoms with E-state index in [-0.39, 0.29) is 6.04 Å². The molecule has 0 amide bonds. The lowest BCUT2D eigenvalue weighted by molar-refractivity contribution is 0.113. The number of piperazine rings is 1. The van der Waals surface area contributed by atoms with E-state index in [2.05, 4.69) is 27.8 Å². The zero-order valence-corrected chi connectivity index (χ0v) is 13.4. The van der Waals surface area contributed by atoms with Crippen LogP contribution in [-0.4, -0.2) is 54.1 Å². The molecule has 1 aliphatic heterocycles. The standard InChI is InChI=1S/C16H24N4O/c1-12-10-18-15(14(3)16(12)21-4)11-19-5-7-20(8-6-19)13(2)9-17/h10,13H,5-8,11H2,1-4H3. The summed E-state index contributed by atoms with van der Waals surface area (Å²) in [6.45, 7) is 10.7. The molecule has 1 atom stereocenters. The van der Waals surface area contributed by atoms with Gasteiger partial charge in [0.2, 0.25) is 0 Å². The van der Waals surface area contributed by atoms with Crippen LogP contribution in [0.15, 0.2) is 6.20 Å². The molecule has 114 valence electrons. The van der Waals surface area contributed by atoms with E-state index in [0.29, 0.717) is 0 Å². The second-order valence-electron chi connectivity index (χ2n) is 5.66. The number of ether oxygens (including phenoxy) is 1. The third-order valence-electron chi connectivity index (χ3n) is 4.26. The summed E-state index contributed by atoms with van der Waals surface area (Å²) in [5.41, 5.74) is 3.29. The van der Waals surface area contributed by atoms with E-state index >= 15 is 0 Å². The Bertz CT molecular complexity index is 530. The Morgan fingerprint density at radius 2 is 2.00 bits per heavy atom. The second-order valence-corrected chi connectivity index (χ2v) is 5.66. The Labute approximate surface area is 127 Å². The Hall–Kier alpha value is -1.64. The fourth-order valence-corrected chi connectivity index (χ4v) is 2.83. The molecule has 0 aliphatic carbocycles. The number of hydrogen-bond acceptors (Lipinski definition) is 5. The highest BCUT2D eigenvalue weighted by Crippen LogP contribution is 2.25. The topological polar surface area (TPSA) is 52.4 Å². The van der Waals surface area contributed by atoms with E-state index in [4.69, 9.17) is 10.00 Å². The number of rotatable bonds is 4. The minimum Gasteiger partial charge on any atom is -0.496 e. The van der Waals surface area contributed by atoms with Crippen LogP contribution in [0.25, 0.3) is 0 Å². The SMILES string of the molecule is COc1c(C)cnc(CN2CCN(C(C)C#N)CC2)c1C. The summed E-state index contributed by atoms with van der Waals surface area (Å²) in [6.07, 6.45) is 1.88. The molecule has 21 heavy (non-hydrogen) atoms. The molecule has 2 rings (SSSR count). The number of nitrogens with zero attached hydrogens (tertiary/aromatic N) is 4. The summed E-state index contributed by atoms with van der Waals surface area (Å²) in [4.78, 5) is 9.19. The molecule has 1 unspecified atom stereocenters. The zero-order chi connectivity index (χ0) is 15.4. The van der Waals surface area contributed by atoms with Crippen molar-refractivity contribution in [2.75, 3.05) is 33.3 Å². The third-order valence-corrected chi connectivity index (χ3v) is 4.26. The van der Waals surface area contributed by atoms with Gasteiger partial charge in [0.1, 0.15) is 5.75 Å².